The van der Waals surface area contributed by atoms with Crippen molar-refractivity contribution in [3.63, 3.8) is 0 Å². The van der Waals surface area contributed by atoms with Gasteiger partial charge in [0.1, 0.15) is 0 Å². The number of hydrogen-bond donors (Lipinski definition) is 2. The molecule has 7 nitrogen and oxygen atoms in total. The molecule has 10 heteroatoms. The normalized spacial score (nSPS) is 12.1. The van der Waals surface area contributed by atoms with E-state index < -0.39 is 41.3 Å². The molecule has 0 radical (unpaired) electrons. The molecular weight excluding hydrogens is 381 g/mol. The molecule has 2 rings (SSSR count). The lowest BCUT2D eigenvalue weighted by Crippen LogP contribution is -2.32. The van der Waals surface area contributed by atoms with Gasteiger partial charge in [-0.25, -0.2) is 0 Å². The van der Waals surface area contributed by atoms with Crippen molar-refractivity contribution in [1.82, 2.24) is 5.32 Å². The highest BCUT2D eigenvalue weighted by molar-refractivity contribution is 5.96. The van der Waals surface area contributed by atoms with Crippen LogP contribution in [-0.2, 0) is 20.5 Å². The van der Waals surface area contributed by atoms with E-state index in [1.807, 2.05) is 0 Å². The summed E-state index contributed by atoms with van der Waals surface area (Å²) in [6.45, 7) is 1.16. The molecule has 1 unspecified atom stereocenters. The van der Waals surface area contributed by atoms with E-state index in [2.05, 4.69) is 10.6 Å². The Bertz CT molecular complexity index is 834. The van der Waals surface area contributed by atoms with Gasteiger partial charge < -0.3 is 19.8 Å². The molecule has 0 aliphatic carbocycles. The standard InChI is InChI=1S/C18H17F3N2O5/c1-11(16(25)23-13-6-3-2-5-12(13)18(19,20)21)28-15(24)8-9-22-17(26)14-7-4-10-27-14/h2-7,10-11H,8-9H2,1H3,(H,22,26)(H,23,25). The average molecular weight is 398 g/mol. The maximum absolute atomic E-state index is 12.9. The Labute approximate surface area is 157 Å². The van der Waals surface area contributed by atoms with Gasteiger partial charge in [0.25, 0.3) is 11.8 Å². The Kier molecular flexibility index (Phi) is 6.80. The molecule has 1 aromatic heterocycles. The van der Waals surface area contributed by atoms with Crippen LogP contribution in [0.5, 0.6) is 0 Å². The molecule has 1 aromatic carbocycles. The van der Waals surface area contributed by atoms with Crippen molar-refractivity contribution < 1.29 is 36.7 Å². The number of esters is 1. The number of rotatable bonds is 7. The molecule has 28 heavy (non-hydrogen) atoms. The first kappa shape index (κ1) is 21.0. The number of halogens is 3. The Hall–Kier alpha value is -3.30. The molecule has 0 fully saturated rings. The number of ether oxygens (including phenoxy) is 1. The zero-order valence-electron chi connectivity index (χ0n) is 14.7. The minimum Gasteiger partial charge on any atom is -0.459 e. The number of amides is 2. The number of anilines is 1. The number of carbonyl (C=O) groups excluding carboxylic acids is 3. The summed E-state index contributed by atoms with van der Waals surface area (Å²) in [4.78, 5) is 35.4. The first-order chi connectivity index (χ1) is 13.2. The summed E-state index contributed by atoms with van der Waals surface area (Å²) in [5, 5.41) is 4.52. The summed E-state index contributed by atoms with van der Waals surface area (Å²) < 4.78 is 48.6. The van der Waals surface area contributed by atoms with E-state index in [1.165, 1.54) is 37.5 Å². The fraction of sp³-hybridized carbons (Fsp3) is 0.278. The van der Waals surface area contributed by atoms with Crippen LogP contribution >= 0.6 is 0 Å². The van der Waals surface area contributed by atoms with Crippen LogP contribution in [-0.4, -0.2) is 30.4 Å². The van der Waals surface area contributed by atoms with Crippen molar-refractivity contribution in [2.45, 2.75) is 25.6 Å². The zero-order valence-corrected chi connectivity index (χ0v) is 14.7. The van der Waals surface area contributed by atoms with E-state index in [1.54, 1.807) is 0 Å². The van der Waals surface area contributed by atoms with Gasteiger partial charge in [-0.3, -0.25) is 14.4 Å². The summed E-state index contributed by atoms with van der Waals surface area (Å²) >= 11 is 0. The lowest BCUT2D eigenvalue weighted by atomic mass is 10.1. The second-order valence-corrected chi connectivity index (χ2v) is 5.65. The zero-order chi connectivity index (χ0) is 20.7. The van der Waals surface area contributed by atoms with E-state index in [0.717, 1.165) is 12.1 Å². The minimum absolute atomic E-state index is 0.0659. The molecule has 0 saturated carbocycles. The lowest BCUT2D eigenvalue weighted by molar-refractivity contribution is -0.153. The monoisotopic (exact) mass is 398 g/mol. The fourth-order valence-electron chi connectivity index (χ4n) is 2.16. The highest BCUT2D eigenvalue weighted by Gasteiger charge is 2.34. The Morgan fingerprint density at radius 2 is 1.86 bits per heavy atom. The first-order valence-corrected chi connectivity index (χ1v) is 8.16. The number of hydrogen-bond acceptors (Lipinski definition) is 5. The van der Waals surface area contributed by atoms with Gasteiger partial charge in [-0.15, -0.1) is 0 Å². The molecule has 0 aliphatic heterocycles. The molecule has 0 saturated heterocycles. The van der Waals surface area contributed by atoms with Crippen LogP contribution in [0.3, 0.4) is 0 Å². The van der Waals surface area contributed by atoms with Crippen LogP contribution in [0.4, 0.5) is 18.9 Å². The maximum Gasteiger partial charge on any atom is 0.418 e. The van der Waals surface area contributed by atoms with Crippen molar-refractivity contribution in [3.8, 4) is 0 Å². The number of para-hydroxylation sites is 1. The number of carbonyl (C=O) groups is 3. The van der Waals surface area contributed by atoms with Crippen LogP contribution < -0.4 is 10.6 Å². The topological polar surface area (TPSA) is 97.6 Å². The smallest absolute Gasteiger partial charge is 0.418 e. The van der Waals surface area contributed by atoms with Crippen molar-refractivity contribution in [2.75, 3.05) is 11.9 Å². The average Bonchev–Trinajstić information content (AvgIpc) is 3.15. The third kappa shape index (κ3) is 5.86. The van der Waals surface area contributed by atoms with Gasteiger partial charge in [-0.1, -0.05) is 12.1 Å². The molecule has 0 aliphatic rings. The van der Waals surface area contributed by atoms with E-state index in [9.17, 15) is 27.6 Å². The molecule has 1 atom stereocenters. The summed E-state index contributed by atoms with van der Waals surface area (Å²) in [5.41, 5.74) is -1.45. The second kappa shape index (κ2) is 9.07. The van der Waals surface area contributed by atoms with Crippen molar-refractivity contribution in [3.05, 3.63) is 54.0 Å². The van der Waals surface area contributed by atoms with Gasteiger partial charge >= 0.3 is 12.1 Å². The molecule has 0 bridgehead atoms. The number of furan rings is 1. The van der Waals surface area contributed by atoms with Crippen molar-refractivity contribution in [2.24, 2.45) is 0 Å². The summed E-state index contributed by atoms with van der Waals surface area (Å²) in [7, 11) is 0. The van der Waals surface area contributed by atoms with E-state index in [4.69, 9.17) is 9.15 Å². The van der Waals surface area contributed by atoms with Gasteiger partial charge in [0.15, 0.2) is 11.9 Å². The van der Waals surface area contributed by atoms with E-state index >= 15 is 0 Å². The van der Waals surface area contributed by atoms with Crippen molar-refractivity contribution >= 4 is 23.5 Å². The van der Waals surface area contributed by atoms with E-state index in [0.29, 0.717) is 0 Å². The van der Waals surface area contributed by atoms with Crippen LogP contribution in [0, 0.1) is 0 Å². The number of benzene rings is 1. The fourth-order valence-corrected chi connectivity index (χ4v) is 2.16. The van der Waals surface area contributed by atoms with Gasteiger partial charge in [0.05, 0.1) is 23.9 Å². The number of nitrogens with one attached hydrogen (secondary N) is 2. The predicted octanol–water partition coefficient (Wildman–Crippen LogP) is 2.99. The highest BCUT2D eigenvalue weighted by Crippen LogP contribution is 2.34. The van der Waals surface area contributed by atoms with Crippen LogP contribution in [0.15, 0.2) is 47.1 Å². The summed E-state index contributed by atoms with van der Waals surface area (Å²) in [5.74, 6) is -2.16. The summed E-state index contributed by atoms with van der Waals surface area (Å²) in [6, 6.07) is 7.43. The first-order valence-electron chi connectivity index (χ1n) is 8.16. The quantitative estimate of drug-likeness (QED) is 0.699. The van der Waals surface area contributed by atoms with Gasteiger partial charge in [-0.2, -0.15) is 13.2 Å². The third-order valence-corrected chi connectivity index (χ3v) is 3.53. The lowest BCUT2D eigenvalue weighted by Gasteiger charge is -2.16. The largest absolute Gasteiger partial charge is 0.459 e. The van der Waals surface area contributed by atoms with Crippen LogP contribution in [0.25, 0.3) is 0 Å². The molecule has 1 heterocycles. The number of alkyl halides is 3. The van der Waals surface area contributed by atoms with Crippen molar-refractivity contribution in [1.29, 1.82) is 0 Å². The Morgan fingerprint density at radius 3 is 2.50 bits per heavy atom. The summed E-state index contributed by atoms with van der Waals surface area (Å²) in [6.07, 6.45) is -4.88. The molecular formula is C18H17F3N2O5. The van der Waals surface area contributed by atoms with Gasteiger partial charge in [-0.05, 0) is 31.2 Å². The molecule has 150 valence electrons. The van der Waals surface area contributed by atoms with Gasteiger partial charge in [0, 0.05) is 6.54 Å². The Balaban J connectivity index is 1.82. The molecule has 2 amide bonds. The highest BCUT2D eigenvalue weighted by atomic mass is 19.4. The van der Waals surface area contributed by atoms with Crippen LogP contribution in [0.2, 0.25) is 0 Å². The van der Waals surface area contributed by atoms with Crippen LogP contribution in [0.1, 0.15) is 29.5 Å². The molecule has 2 N–H and O–H groups in total. The Morgan fingerprint density at radius 1 is 1.14 bits per heavy atom. The van der Waals surface area contributed by atoms with Gasteiger partial charge in [0.2, 0.25) is 0 Å². The van der Waals surface area contributed by atoms with E-state index in [-0.39, 0.29) is 18.7 Å². The second-order valence-electron chi connectivity index (χ2n) is 5.65. The minimum atomic E-state index is -4.64. The third-order valence-electron chi connectivity index (χ3n) is 3.53. The molecule has 0 spiro atoms. The maximum atomic E-state index is 12.9. The predicted molar refractivity (Wildman–Crippen MR) is 91.3 cm³/mol. The SMILES string of the molecule is CC(OC(=O)CCNC(=O)c1ccco1)C(=O)Nc1ccccc1C(F)(F)F. The molecule has 2 aromatic rings.